The van der Waals surface area contributed by atoms with Crippen LogP contribution < -0.4 is 5.32 Å². The standard InChI is InChI=1S/C15H31N3O2S/c1-13(2)16-10-15-7-5-9-18(12-15)21(19,20)17-8-4-6-14(3)11-17/h13-16H,4-12H2,1-3H3. The molecule has 0 aromatic carbocycles. The Morgan fingerprint density at radius 1 is 1.10 bits per heavy atom. The molecule has 0 radical (unpaired) electrons. The van der Waals surface area contributed by atoms with E-state index in [0.717, 1.165) is 32.2 Å². The quantitative estimate of drug-likeness (QED) is 0.839. The summed E-state index contributed by atoms with van der Waals surface area (Å²) < 4.78 is 29.0. The summed E-state index contributed by atoms with van der Waals surface area (Å²) in [5, 5.41) is 3.44. The minimum absolute atomic E-state index is 0.443. The number of nitrogens with zero attached hydrogens (tertiary/aromatic N) is 2. The van der Waals surface area contributed by atoms with Gasteiger partial charge in [0.05, 0.1) is 0 Å². The van der Waals surface area contributed by atoms with Gasteiger partial charge in [-0.25, -0.2) is 0 Å². The van der Waals surface area contributed by atoms with Crippen LogP contribution in [0.1, 0.15) is 46.5 Å². The second kappa shape index (κ2) is 7.40. The molecule has 5 nitrogen and oxygen atoms in total. The Morgan fingerprint density at radius 3 is 2.33 bits per heavy atom. The molecule has 2 saturated heterocycles. The van der Waals surface area contributed by atoms with Gasteiger partial charge in [-0.3, -0.25) is 0 Å². The van der Waals surface area contributed by atoms with Crippen molar-refractivity contribution in [2.45, 2.75) is 52.5 Å². The summed E-state index contributed by atoms with van der Waals surface area (Å²) in [5.41, 5.74) is 0. The summed E-state index contributed by atoms with van der Waals surface area (Å²) in [6.45, 7) is 10.1. The van der Waals surface area contributed by atoms with Crippen molar-refractivity contribution < 1.29 is 8.42 Å². The van der Waals surface area contributed by atoms with Crippen LogP contribution >= 0.6 is 0 Å². The van der Waals surface area contributed by atoms with E-state index in [1.54, 1.807) is 8.61 Å². The molecule has 0 aliphatic carbocycles. The van der Waals surface area contributed by atoms with Crippen molar-refractivity contribution in [3.8, 4) is 0 Å². The Morgan fingerprint density at radius 2 is 1.71 bits per heavy atom. The molecule has 2 aliphatic rings. The van der Waals surface area contributed by atoms with Gasteiger partial charge in [0, 0.05) is 32.2 Å². The molecule has 0 bridgehead atoms. The highest BCUT2D eigenvalue weighted by Crippen LogP contribution is 2.24. The maximum Gasteiger partial charge on any atom is 0.281 e. The first-order valence-electron chi connectivity index (χ1n) is 8.38. The predicted molar refractivity (Wildman–Crippen MR) is 86.3 cm³/mol. The van der Waals surface area contributed by atoms with Gasteiger partial charge in [-0.1, -0.05) is 20.8 Å². The Hall–Kier alpha value is -0.170. The van der Waals surface area contributed by atoms with E-state index in [4.69, 9.17) is 0 Å². The third kappa shape index (κ3) is 4.65. The first-order valence-corrected chi connectivity index (χ1v) is 9.78. The van der Waals surface area contributed by atoms with Crippen molar-refractivity contribution in [1.29, 1.82) is 0 Å². The van der Waals surface area contributed by atoms with Crippen molar-refractivity contribution in [3.05, 3.63) is 0 Å². The molecule has 1 N–H and O–H groups in total. The van der Waals surface area contributed by atoms with Gasteiger partial charge in [0.2, 0.25) is 0 Å². The summed E-state index contributed by atoms with van der Waals surface area (Å²) in [5.74, 6) is 0.926. The third-order valence-corrected chi connectivity index (χ3v) is 6.54. The third-order valence-electron chi connectivity index (χ3n) is 4.57. The Bertz CT molecular complexity index is 425. The zero-order chi connectivity index (χ0) is 15.5. The van der Waals surface area contributed by atoms with E-state index in [9.17, 15) is 8.42 Å². The van der Waals surface area contributed by atoms with Crippen molar-refractivity contribution in [2.24, 2.45) is 11.8 Å². The average Bonchev–Trinajstić information content (AvgIpc) is 2.45. The van der Waals surface area contributed by atoms with Gasteiger partial charge < -0.3 is 5.32 Å². The maximum atomic E-state index is 12.8. The molecular formula is C15H31N3O2S. The van der Waals surface area contributed by atoms with Crippen LogP contribution in [-0.2, 0) is 10.2 Å². The summed E-state index contributed by atoms with van der Waals surface area (Å²) in [4.78, 5) is 0. The van der Waals surface area contributed by atoms with Gasteiger partial charge in [0.15, 0.2) is 0 Å². The smallest absolute Gasteiger partial charge is 0.281 e. The average molecular weight is 317 g/mol. The van der Waals surface area contributed by atoms with E-state index in [1.807, 2.05) is 0 Å². The van der Waals surface area contributed by atoms with Crippen LogP contribution in [0, 0.1) is 11.8 Å². The normalized spacial score (nSPS) is 29.9. The number of rotatable bonds is 5. The summed E-state index contributed by atoms with van der Waals surface area (Å²) in [6, 6.07) is 0.458. The van der Waals surface area contributed by atoms with E-state index in [-0.39, 0.29) is 0 Å². The molecule has 124 valence electrons. The number of piperidine rings is 2. The van der Waals surface area contributed by atoms with E-state index in [0.29, 0.717) is 44.1 Å². The molecule has 0 aromatic heterocycles. The monoisotopic (exact) mass is 317 g/mol. The van der Waals surface area contributed by atoms with Gasteiger partial charge in [0.25, 0.3) is 10.2 Å². The lowest BCUT2D eigenvalue weighted by Gasteiger charge is -2.38. The minimum atomic E-state index is -3.25. The summed E-state index contributed by atoms with van der Waals surface area (Å²) in [6.07, 6.45) is 4.24. The Balaban J connectivity index is 1.95. The molecule has 2 rings (SSSR count). The minimum Gasteiger partial charge on any atom is -0.314 e. The van der Waals surface area contributed by atoms with E-state index < -0.39 is 10.2 Å². The van der Waals surface area contributed by atoms with Crippen LogP contribution in [0.4, 0.5) is 0 Å². The molecular weight excluding hydrogens is 286 g/mol. The van der Waals surface area contributed by atoms with Crippen LogP contribution in [-0.4, -0.2) is 55.8 Å². The lowest BCUT2D eigenvalue weighted by Crippen LogP contribution is -2.51. The Labute approximate surface area is 130 Å². The van der Waals surface area contributed by atoms with Gasteiger partial charge in [-0.05, 0) is 44.1 Å². The first kappa shape index (κ1) is 17.2. The highest BCUT2D eigenvalue weighted by Gasteiger charge is 2.35. The fourth-order valence-corrected chi connectivity index (χ4v) is 5.21. The van der Waals surface area contributed by atoms with Crippen LogP contribution in [0.5, 0.6) is 0 Å². The molecule has 0 spiro atoms. The molecule has 0 aromatic rings. The van der Waals surface area contributed by atoms with Crippen LogP contribution in [0.25, 0.3) is 0 Å². The fourth-order valence-electron chi connectivity index (χ4n) is 3.32. The van der Waals surface area contributed by atoms with Crippen molar-refractivity contribution in [1.82, 2.24) is 13.9 Å². The number of hydrogen-bond donors (Lipinski definition) is 1. The molecule has 2 heterocycles. The van der Waals surface area contributed by atoms with Crippen LogP contribution in [0.15, 0.2) is 0 Å². The number of hydrogen-bond acceptors (Lipinski definition) is 3. The molecule has 2 unspecified atom stereocenters. The number of nitrogens with one attached hydrogen (secondary N) is 1. The van der Waals surface area contributed by atoms with E-state index in [2.05, 4.69) is 26.1 Å². The second-order valence-electron chi connectivity index (χ2n) is 7.04. The predicted octanol–water partition coefficient (Wildman–Crippen LogP) is 1.67. The fraction of sp³-hybridized carbons (Fsp3) is 1.00. The molecule has 2 atom stereocenters. The SMILES string of the molecule is CC1CCCN(S(=O)(=O)N2CCCC(CNC(C)C)C2)C1. The molecule has 0 amide bonds. The van der Waals surface area contributed by atoms with E-state index >= 15 is 0 Å². The zero-order valence-corrected chi connectivity index (χ0v) is 14.5. The van der Waals surface area contributed by atoms with Crippen molar-refractivity contribution >= 4 is 10.2 Å². The maximum absolute atomic E-state index is 12.8. The topological polar surface area (TPSA) is 52.7 Å². The summed E-state index contributed by atoms with van der Waals surface area (Å²) >= 11 is 0. The van der Waals surface area contributed by atoms with Crippen molar-refractivity contribution in [2.75, 3.05) is 32.7 Å². The molecule has 2 aliphatic heterocycles. The van der Waals surface area contributed by atoms with Gasteiger partial charge in [-0.2, -0.15) is 17.0 Å². The second-order valence-corrected chi connectivity index (χ2v) is 8.97. The Kier molecular flexibility index (Phi) is 6.05. The van der Waals surface area contributed by atoms with E-state index in [1.165, 1.54) is 0 Å². The van der Waals surface area contributed by atoms with Gasteiger partial charge in [-0.15, -0.1) is 0 Å². The lowest BCUT2D eigenvalue weighted by molar-refractivity contribution is 0.219. The summed E-state index contributed by atoms with van der Waals surface area (Å²) in [7, 11) is -3.25. The van der Waals surface area contributed by atoms with Gasteiger partial charge in [0.1, 0.15) is 0 Å². The first-order chi connectivity index (χ1) is 9.89. The molecule has 0 saturated carbocycles. The molecule has 6 heteroatoms. The van der Waals surface area contributed by atoms with Crippen LogP contribution in [0.3, 0.4) is 0 Å². The molecule has 2 fully saturated rings. The molecule has 21 heavy (non-hydrogen) atoms. The van der Waals surface area contributed by atoms with Crippen molar-refractivity contribution in [3.63, 3.8) is 0 Å². The largest absolute Gasteiger partial charge is 0.314 e. The highest BCUT2D eigenvalue weighted by atomic mass is 32.2. The van der Waals surface area contributed by atoms with Crippen LogP contribution in [0.2, 0.25) is 0 Å². The lowest BCUT2D eigenvalue weighted by atomic mass is 9.99. The highest BCUT2D eigenvalue weighted by molar-refractivity contribution is 7.86. The van der Waals surface area contributed by atoms with Gasteiger partial charge >= 0.3 is 0 Å². The zero-order valence-electron chi connectivity index (χ0n) is 13.7.